The first-order valence-electron chi connectivity index (χ1n) is 6.70. The Labute approximate surface area is 140 Å². The predicted molar refractivity (Wildman–Crippen MR) is 68.3 cm³/mol. The highest BCUT2D eigenvalue weighted by molar-refractivity contribution is 5.56. The van der Waals surface area contributed by atoms with Crippen molar-refractivity contribution >= 4 is 0 Å². The second-order valence-corrected chi connectivity index (χ2v) is 5.22. The lowest BCUT2D eigenvalue weighted by molar-refractivity contribution is -0.288. The lowest BCUT2D eigenvalue weighted by Gasteiger charge is -2.25. The maximum atomic E-state index is 12.6. The molecule has 2 N–H and O–H groups in total. The minimum absolute atomic E-state index is 0.201. The maximum absolute atomic E-state index is 12.6. The molecule has 0 radical (unpaired) electrons. The quantitative estimate of drug-likeness (QED) is 0.703. The second-order valence-electron chi connectivity index (χ2n) is 5.22. The predicted octanol–water partition coefficient (Wildman–Crippen LogP) is 5.04. The molecule has 26 heavy (non-hydrogen) atoms. The SMILES string of the molecule is CC(C)C(N)c1c(OC(F)(F)F)ccc(OC(F)(F)F)c1OC(F)(F)F. The van der Waals surface area contributed by atoms with Gasteiger partial charge in [0, 0.05) is 6.04 Å². The molecule has 0 amide bonds. The zero-order valence-corrected chi connectivity index (χ0v) is 13.0. The van der Waals surface area contributed by atoms with Crippen LogP contribution in [0.4, 0.5) is 39.5 Å². The molecule has 13 heteroatoms. The van der Waals surface area contributed by atoms with E-state index in [2.05, 4.69) is 14.2 Å². The summed E-state index contributed by atoms with van der Waals surface area (Å²) in [6, 6.07) is -1.04. The van der Waals surface area contributed by atoms with Gasteiger partial charge in [-0.25, -0.2) is 0 Å². The maximum Gasteiger partial charge on any atom is 0.573 e. The van der Waals surface area contributed by atoms with Crippen molar-refractivity contribution in [2.24, 2.45) is 11.7 Å². The van der Waals surface area contributed by atoms with E-state index in [0.717, 1.165) is 0 Å². The van der Waals surface area contributed by atoms with Gasteiger partial charge in [-0.05, 0) is 18.1 Å². The largest absolute Gasteiger partial charge is 0.573 e. The van der Waals surface area contributed by atoms with Crippen LogP contribution >= 0.6 is 0 Å². The van der Waals surface area contributed by atoms with E-state index in [9.17, 15) is 39.5 Å². The van der Waals surface area contributed by atoms with Crippen LogP contribution in [-0.2, 0) is 0 Å². The second kappa shape index (κ2) is 7.29. The summed E-state index contributed by atoms with van der Waals surface area (Å²) in [6.07, 6.45) is -16.3. The molecule has 0 spiro atoms. The van der Waals surface area contributed by atoms with Crippen molar-refractivity contribution in [3.63, 3.8) is 0 Å². The van der Waals surface area contributed by atoms with E-state index in [1.54, 1.807) is 0 Å². The highest BCUT2D eigenvalue weighted by atomic mass is 19.4. The van der Waals surface area contributed by atoms with E-state index in [1.807, 2.05) is 0 Å². The highest BCUT2D eigenvalue weighted by Crippen LogP contribution is 2.47. The first-order chi connectivity index (χ1) is 11.5. The fourth-order valence-electron chi connectivity index (χ4n) is 1.85. The molecule has 1 aromatic carbocycles. The number of hydrogen-bond acceptors (Lipinski definition) is 4. The summed E-state index contributed by atoms with van der Waals surface area (Å²) < 4.78 is 123. The Hall–Kier alpha value is -2.05. The van der Waals surface area contributed by atoms with Crippen molar-refractivity contribution in [3.8, 4) is 17.2 Å². The smallest absolute Gasteiger partial charge is 0.405 e. The van der Waals surface area contributed by atoms with Crippen molar-refractivity contribution in [1.82, 2.24) is 0 Å². The van der Waals surface area contributed by atoms with Gasteiger partial charge in [0.2, 0.25) is 0 Å². The number of nitrogens with two attached hydrogens (primary N) is 1. The molecule has 0 aromatic heterocycles. The van der Waals surface area contributed by atoms with Crippen LogP contribution in [-0.4, -0.2) is 19.1 Å². The van der Waals surface area contributed by atoms with Gasteiger partial charge in [-0.3, -0.25) is 0 Å². The molecule has 0 fully saturated rings. The molecule has 0 heterocycles. The molecule has 1 unspecified atom stereocenters. The molecule has 0 saturated heterocycles. The van der Waals surface area contributed by atoms with E-state index < -0.39 is 53.9 Å². The monoisotopic (exact) mass is 401 g/mol. The summed E-state index contributed by atoms with van der Waals surface area (Å²) in [4.78, 5) is 0. The van der Waals surface area contributed by atoms with E-state index in [1.165, 1.54) is 13.8 Å². The van der Waals surface area contributed by atoms with Crippen molar-refractivity contribution in [2.75, 3.05) is 0 Å². The molecular formula is C13H12F9NO3. The number of benzene rings is 1. The Morgan fingerprint density at radius 3 is 1.50 bits per heavy atom. The van der Waals surface area contributed by atoms with Gasteiger partial charge in [0.15, 0.2) is 11.5 Å². The molecule has 1 atom stereocenters. The van der Waals surface area contributed by atoms with E-state index in [4.69, 9.17) is 5.73 Å². The molecular weight excluding hydrogens is 389 g/mol. The summed E-state index contributed by atoms with van der Waals surface area (Å²) in [5.74, 6) is -5.22. The van der Waals surface area contributed by atoms with Crippen LogP contribution in [0.3, 0.4) is 0 Å². The first-order valence-corrected chi connectivity index (χ1v) is 6.70. The van der Waals surface area contributed by atoms with Crippen molar-refractivity contribution in [3.05, 3.63) is 17.7 Å². The van der Waals surface area contributed by atoms with Gasteiger partial charge >= 0.3 is 19.1 Å². The topological polar surface area (TPSA) is 53.7 Å². The van der Waals surface area contributed by atoms with Crippen LogP contribution in [0.5, 0.6) is 17.2 Å². The molecule has 0 aliphatic heterocycles. The van der Waals surface area contributed by atoms with Crippen molar-refractivity contribution in [2.45, 2.75) is 39.0 Å². The Kier molecular flexibility index (Phi) is 6.16. The van der Waals surface area contributed by atoms with E-state index >= 15 is 0 Å². The minimum Gasteiger partial charge on any atom is -0.405 e. The summed E-state index contributed by atoms with van der Waals surface area (Å²) in [5.41, 5.74) is 4.51. The molecule has 0 saturated carbocycles. The number of ether oxygens (including phenoxy) is 3. The summed E-state index contributed by atoms with van der Waals surface area (Å²) in [5, 5.41) is 0. The van der Waals surface area contributed by atoms with Crippen molar-refractivity contribution < 1.29 is 53.7 Å². The van der Waals surface area contributed by atoms with Crippen LogP contribution in [0, 0.1) is 5.92 Å². The Bertz CT molecular complexity index is 623. The molecule has 0 aliphatic carbocycles. The van der Waals surface area contributed by atoms with Gasteiger partial charge < -0.3 is 19.9 Å². The number of rotatable bonds is 5. The summed E-state index contributed by atoms with van der Waals surface area (Å²) in [6.45, 7) is 2.63. The first kappa shape index (κ1) is 22.0. The Morgan fingerprint density at radius 2 is 1.12 bits per heavy atom. The fraction of sp³-hybridized carbons (Fsp3) is 0.538. The van der Waals surface area contributed by atoms with Crippen LogP contribution < -0.4 is 19.9 Å². The standard InChI is InChI=1S/C13H12F9NO3/c1-5(2)9(23)8-6(24-11(14,15)16)3-4-7(25-12(17,18)19)10(8)26-13(20,21)22/h3-5,9H,23H2,1-2H3. The normalized spacial score (nSPS) is 14.3. The molecule has 1 aromatic rings. The highest BCUT2D eigenvalue weighted by Gasteiger charge is 2.41. The van der Waals surface area contributed by atoms with Crippen LogP contribution in [0.2, 0.25) is 0 Å². The number of hydrogen-bond donors (Lipinski definition) is 1. The van der Waals surface area contributed by atoms with E-state index in [0.29, 0.717) is 6.07 Å². The Morgan fingerprint density at radius 1 is 0.731 bits per heavy atom. The third-order valence-electron chi connectivity index (χ3n) is 2.84. The summed E-state index contributed by atoms with van der Waals surface area (Å²) >= 11 is 0. The van der Waals surface area contributed by atoms with Gasteiger partial charge in [0.1, 0.15) is 5.75 Å². The molecule has 0 aliphatic rings. The minimum atomic E-state index is -5.54. The average molecular weight is 401 g/mol. The Balaban J connectivity index is 3.67. The molecule has 4 nitrogen and oxygen atoms in total. The third kappa shape index (κ3) is 6.69. The van der Waals surface area contributed by atoms with Gasteiger partial charge in [0.25, 0.3) is 0 Å². The molecule has 150 valence electrons. The average Bonchev–Trinajstić information content (AvgIpc) is 2.36. The fourth-order valence-corrected chi connectivity index (χ4v) is 1.85. The van der Waals surface area contributed by atoms with Gasteiger partial charge in [-0.1, -0.05) is 13.8 Å². The molecule has 0 bridgehead atoms. The molecule has 1 rings (SSSR count). The number of halogens is 9. The zero-order chi connectivity index (χ0) is 20.5. The third-order valence-corrected chi connectivity index (χ3v) is 2.84. The van der Waals surface area contributed by atoms with Crippen molar-refractivity contribution in [1.29, 1.82) is 0 Å². The van der Waals surface area contributed by atoms with Crippen LogP contribution in [0.1, 0.15) is 25.5 Å². The zero-order valence-electron chi connectivity index (χ0n) is 13.0. The van der Waals surface area contributed by atoms with Crippen LogP contribution in [0.15, 0.2) is 12.1 Å². The van der Waals surface area contributed by atoms with Gasteiger partial charge in [-0.2, -0.15) is 0 Å². The van der Waals surface area contributed by atoms with Crippen LogP contribution in [0.25, 0.3) is 0 Å². The lowest BCUT2D eigenvalue weighted by Crippen LogP contribution is -2.27. The van der Waals surface area contributed by atoms with Gasteiger partial charge in [-0.15, -0.1) is 39.5 Å². The summed E-state index contributed by atoms with van der Waals surface area (Å²) in [7, 11) is 0. The lowest BCUT2D eigenvalue weighted by atomic mass is 9.95. The van der Waals surface area contributed by atoms with Gasteiger partial charge in [0.05, 0.1) is 5.56 Å². The number of alkyl halides is 9. The van der Waals surface area contributed by atoms with E-state index in [-0.39, 0.29) is 6.07 Å².